The van der Waals surface area contributed by atoms with Crippen molar-refractivity contribution in [3.8, 4) is 11.3 Å². The van der Waals surface area contributed by atoms with Crippen LogP contribution < -0.4 is 5.32 Å². The highest BCUT2D eigenvalue weighted by atomic mass is 19.1. The van der Waals surface area contributed by atoms with Crippen molar-refractivity contribution >= 4 is 5.91 Å². The van der Waals surface area contributed by atoms with Crippen molar-refractivity contribution in [2.45, 2.75) is 38.8 Å². The number of carbonyl (C=O) groups excluding carboxylic acids is 1. The lowest BCUT2D eigenvalue weighted by atomic mass is 10.1. The van der Waals surface area contributed by atoms with Gasteiger partial charge in [-0.15, -0.1) is 0 Å². The Morgan fingerprint density at radius 2 is 2.08 bits per heavy atom. The molecule has 24 heavy (non-hydrogen) atoms. The van der Waals surface area contributed by atoms with Crippen molar-refractivity contribution in [3.63, 3.8) is 0 Å². The van der Waals surface area contributed by atoms with Gasteiger partial charge in [-0.3, -0.25) is 4.79 Å². The Morgan fingerprint density at radius 1 is 1.29 bits per heavy atom. The quantitative estimate of drug-likeness (QED) is 0.936. The second-order valence-corrected chi connectivity index (χ2v) is 6.32. The fourth-order valence-electron chi connectivity index (χ4n) is 3.10. The summed E-state index contributed by atoms with van der Waals surface area (Å²) in [6.45, 7) is 5.73. The van der Waals surface area contributed by atoms with Crippen molar-refractivity contribution in [1.82, 2.24) is 10.2 Å². The average molecular weight is 330 g/mol. The Hall–Kier alpha value is -2.14. The number of nitrogens with zero attached hydrogens (tertiary/aromatic N) is 1. The molecule has 1 fully saturated rings. The van der Waals surface area contributed by atoms with Gasteiger partial charge in [0, 0.05) is 38.0 Å². The minimum Gasteiger partial charge on any atom is -0.461 e. The molecule has 1 aromatic heterocycles. The van der Waals surface area contributed by atoms with Crippen molar-refractivity contribution in [2.24, 2.45) is 0 Å². The number of furan rings is 1. The van der Waals surface area contributed by atoms with Gasteiger partial charge in [-0.2, -0.15) is 0 Å². The first kappa shape index (κ1) is 16.7. The van der Waals surface area contributed by atoms with E-state index in [2.05, 4.69) is 19.2 Å². The monoisotopic (exact) mass is 330 g/mol. The molecule has 0 aliphatic carbocycles. The van der Waals surface area contributed by atoms with Gasteiger partial charge in [0.1, 0.15) is 17.3 Å². The third-order valence-electron chi connectivity index (χ3n) is 4.74. The molecular formula is C19H23FN2O2. The number of piperazine rings is 1. The predicted molar refractivity (Wildman–Crippen MR) is 91.1 cm³/mol. The van der Waals surface area contributed by atoms with Gasteiger partial charge < -0.3 is 14.6 Å². The fraction of sp³-hybridized carbons (Fsp3) is 0.421. The van der Waals surface area contributed by atoms with Crippen molar-refractivity contribution in [2.75, 3.05) is 13.1 Å². The van der Waals surface area contributed by atoms with E-state index in [1.807, 2.05) is 11.0 Å². The summed E-state index contributed by atoms with van der Waals surface area (Å²) in [4.78, 5) is 14.4. The van der Waals surface area contributed by atoms with E-state index < -0.39 is 0 Å². The zero-order valence-electron chi connectivity index (χ0n) is 14.1. The average Bonchev–Trinajstić information content (AvgIpc) is 3.04. The standard InChI is InChI=1S/C19H23FN2O2/c1-13-14(2)22(12-11-21-13)19(23)10-8-15-7-9-18(24-15)16-5-3-4-6-17(16)20/h3-7,9,13-14,21H,8,10-12H2,1-2H3. The van der Waals surface area contributed by atoms with E-state index in [0.717, 1.165) is 13.1 Å². The number of aryl methyl sites for hydroxylation is 1. The van der Waals surface area contributed by atoms with E-state index >= 15 is 0 Å². The maximum absolute atomic E-state index is 13.8. The number of halogens is 1. The molecule has 128 valence electrons. The molecule has 2 heterocycles. The molecule has 0 spiro atoms. The molecule has 2 unspecified atom stereocenters. The van der Waals surface area contributed by atoms with Crippen molar-refractivity contribution < 1.29 is 13.6 Å². The topological polar surface area (TPSA) is 45.5 Å². The van der Waals surface area contributed by atoms with E-state index in [0.29, 0.717) is 36.0 Å². The van der Waals surface area contributed by atoms with Crippen LogP contribution in [0.1, 0.15) is 26.0 Å². The van der Waals surface area contributed by atoms with Gasteiger partial charge in [-0.05, 0) is 38.1 Å². The van der Waals surface area contributed by atoms with Crippen LogP contribution in [0.4, 0.5) is 4.39 Å². The third-order valence-corrected chi connectivity index (χ3v) is 4.74. The second-order valence-electron chi connectivity index (χ2n) is 6.32. The summed E-state index contributed by atoms with van der Waals surface area (Å²) in [5.41, 5.74) is 0.444. The first-order valence-corrected chi connectivity index (χ1v) is 8.42. The van der Waals surface area contributed by atoms with Gasteiger partial charge in [0.2, 0.25) is 5.91 Å². The molecule has 1 saturated heterocycles. The summed E-state index contributed by atoms with van der Waals surface area (Å²) < 4.78 is 19.5. The van der Waals surface area contributed by atoms with Crippen LogP contribution in [-0.4, -0.2) is 36.0 Å². The Bertz CT molecular complexity index is 713. The lowest BCUT2D eigenvalue weighted by Gasteiger charge is -2.38. The normalized spacial score (nSPS) is 21.0. The zero-order valence-corrected chi connectivity index (χ0v) is 14.1. The summed E-state index contributed by atoms with van der Waals surface area (Å²) in [6, 6.07) is 10.6. The number of benzene rings is 1. The number of rotatable bonds is 4. The van der Waals surface area contributed by atoms with E-state index in [-0.39, 0.29) is 17.8 Å². The summed E-state index contributed by atoms with van der Waals surface area (Å²) in [5, 5.41) is 3.37. The van der Waals surface area contributed by atoms with Crippen LogP contribution in [0.15, 0.2) is 40.8 Å². The highest BCUT2D eigenvalue weighted by Crippen LogP contribution is 2.25. The second kappa shape index (κ2) is 7.18. The van der Waals surface area contributed by atoms with E-state index in [4.69, 9.17) is 4.42 Å². The molecule has 0 bridgehead atoms. The minimum atomic E-state index is -0.307. The lowest BCUT2D eigenvalue weighted by molar-refractivity contribution is -0.134. The summed E-state index contributed by atoms with van der Waals surface area (Å²) in [6.07, 6.45) is 0.930. The van der Waals surface area contributed by atoms with Crippen LogP contribution in [0.5, 0.6) is 0 Å². The summed E-state index contributed by atoms with van der Waals surface area (Å²) in [7, 11) is 0. The Morgan fingerprint density at radius 3 is 2.88 bits per heavy atom. The molecule has 2 atom stereocenters. The van der Waals surface area contributed by atoms with Crippen molar-refractivity contribution in [1.29, 1.82) is 0 Å². The molecule has 5 heteroatoms. The molecule has 0 radical (unpaired) electrons. The maximum Gasteiger partial charge on any atom is 0.223 e. The Kier molecular flexibility index (Phi) is 5.00. The molecule has 1 N–H and O–H groups in total. The third kappa shape index (κ3) is 3.51. The maximum atomic E-state index is 13.8. The molecule has 1 amide bonds. The number of amides is 1. The van der Waals surface area contributed by atoms with Crippen LogP contribution in [0, 0.1) is 5.82 Å². The van der Waals surface area contributed by atoms with Gasteiger partial charge in [0.25, 0.3) is 0 Å². The molecular weight excluding hydrogens is 307 g/mol. The molecule has 1 aliphatic rings. The van der Waals surface area contributed by atoms with Crippen LogP contribution >= 0.6 is 0 Å². The number of hydrogen-bond acceptors (Lipinski definition) is 3. The van der Waals surface area contributed by atoms with Crippen LogP contribution in [0.25, 0.3) is 11.3 Å². The van der Waals surface area contributed by atoms with Gasteiger partial charge in [0.15, 0.2) is 0 Å². The fourth-order valence-corrected chi connectivity index (χ4v) is 3.10. The van der Waals surface area contributed by atoms with Crippen LogP contribution in [0.3, 0.4) is 0 Å². The number of hydrogen-bond donors (Lipinski definition) is 1. The SMILES string of the molecule is CC1NCCN(C(=O)CCc2ccc(-c3ccccc3F)o2)C1C. The van der Waals surface area contributed by atoms with E-state index in [1.165, 1.54) is 6.07 Å². The highest BCUT2D eigenvalue weighted by Gasteiger charge is 2.27. The Balaban J connectivity index is 1.61. The van der Waals surface area contributed by atoms with Gasteiger partial charge in [0.05, 0.1) is 5.56 Å². The minimum absolute atomic E-state index is 0.139. The molecule has 0 saturated carbocycles. The molecule has 1 aliphatic heterocycles. The van der Waals surface area contributed by atoms with Gasteiger partial charge in [-0.1, -0.05) is 12.1 Å². The molecule has 1 aromatic carbocycles. The van der Waals surface area contributed by atoms with Crippen molar-refractivity contribution in [3.05, 3.63) is 48.0 Å². The Labute approximate surface area is 141 Å². The van der Waals surface area contributed by atoms with Crippen LogP contribution in [-0.2, 0) is 11.2 Å². The predicted octanol–water partition coefficient (Wildman–Crippen LogP) is 3.23. The highest BCUT2D eigenvalue weighted by molar-refractivity contribution is 5.77. The summed E-state index contributed by atoms with van der Waals surface area (Å²) >= 11 is 0. The lowest BCUT2D eigenvalue weighted by Crippen LogP contribution is -2.57. The van der Waals surface area contributed by atoms with Gasteiger partial charge >= 0.3 is 0 Å². The first-order valence-electron chi connectivity index (χ1n) is 8.42. The largest absolute Gasteiger partial charge is 0.461 e. The molecule has 3 rings (SSSR count). The first-order chi connectivity index (χ1) is 11.6. The smallest absolute Gasteiger partial charge is 0.223 e. The molecule has 2 aromatic rings. The van der Waals surface area contributed by atoms with Crippen LogP contribution in [0.2, 0.25) is 0 Å². The summed E-state index contributed by atoms with van der Waals surface area (Å²) in [5.74, 6) is 1.04. The van der Waals surface area contributed by atoms with E-state index in [1.54, 1.807) is 24.3 Å². The number of carbonyl (C=O) groups is 1. The zero-order chi connectivity index (χ0) is 17.1. The van der Waals surface area contributed by atoms with Gasteiger partial charge in [-0.25, -0.2) is 4.39 Å². The molecule has 4 nitrogen and oxygen atoms in total. The van der Waals surface area contributed by atoms with E-state index in [9.17, 15) is 9.18 Å². The number of nitrogens with one attached hydrogen (secondary N) is 1.